The number of hydrogen-bond donors (Lipinski definition) is 1. The summed E-state index contributed by atoms with van der Waals surface area (Å²) in [5, 5.41) is 2.75. The second kappa shape index (κ2) is 13.8. The van der Waals surface area contributed by atoms with Crippen molar-refractivity contribution in [2.75, 3.05) is 31.1 Å². The summed E-state index contributed by atoms with van der Waals surface area (Å²) in [5.74, 6) is 0.308. The van der Waals surface area contributed by atoms with Crippen molar-refractivity contribution < 1.29 is 27.5 Å². The largest absolute Gasteiger partial charge is 0.497 e. The molecule has 0 fully saturated rings. The molecule has 10 heteroatoms. The molecule has 0 aliphatic heterocycles. The number of rotatable bonds is 13. The molecule has 0 heterocycles. The van der Waals surface area contributed by atoms with Gasteiger partial charge < -0.3 is 19.7 Å². The van der Waals surface area contributed by atoms with E-state index in [4.69, 9.17) is 9.47 Å². The molecule has 3 aromatic carbocycles. The summed E-state index contributed by atoms with van der Waals surface area (Å²) in [6.45, 7) is 7.55. The summed E-state index contributed by atoms with van der Waals surface area (Å²) in [6, 6.07) is 19.3. The molecule has 40 heavy (non-hydrogen) atoms. The molecule has 9 nitrogen and oxygen atoms in total. The molecular formula is C30H37N3O6S. The van der Waals surface area contributed by atoms with Crippen molar-refractivity contribution in [1.29, 1.82) is 0 Å². The van der Waals surface area contributed by atoms with E-state index in [1.807, 2.05) is 19.9 Å². The Kier molecular flexibility index (Phi) is 10.6. The Morgan fingerprint density at radius 2 is 1.62 bits per heavy atom. The van der Waals surface area contributed by atoms with E-state index < -0.39 is 28.5 Å². The summed E-state index contributed by atoms with van der Waals surface area (Å²) < 4.78 is 39.7. The minimum Gasteiger partial charge on any atom is -0.497 e. The number of sulfonamides is 1. The van der Waals surface area contributed by atoms with Gasteiger partial charge in [-0.3, -0.25) is 13.9 Å². The Morgan fingerprint density at radius 3 is 2.23 bits per heavy atom. The molecule has 0 radical (unpaired) electrons. The summed E-state index contributed by atoms with van der Waals surface area (Å²) in [5.41, 5.74) is 1.94. The number of anilines is 1. The van der Waals surface area contributed by atoms with Crippen LogP contribution in [0.4, 0.5) is 5.69 Å². The van der Waals surface area contributed by atoms with Gasteiger partial charge in [0.2, 0.25) is 11.8 Å². The number of nitrogens with one attached hydrogen (secondary N) is 1. The fraction of sp³-hybridized carbons (Fsp3) is 0.333. The van der Waals surface area contributed by atoms with Crippen LogP contribution in [0.3, 0.4) is 0 Å². The normalized spacial score (nSPS) is 11.8. The monoisotopic (exact) mass is 567 g/mol. The van der Waals surface area contributed by atoms with Gasteiger partial charge in [-0.2, -0.15) is 0 Å². The topological polar surface area (TPSA) is 105 Å². The number of carbonyl (C=O) groups is 2. The van der Waals surface area contributed by atoms with Crippen molar-refractivity contribution in [2.24, 2.45) is 0 Å². The molecule has 0 bridgehead atoms. The highest BCUT2D eigenvalue weighted by atomic mass is 32.2. The zero-order chi connectivity index (χ0) is 29.3. The van der Waals surface area contributed by atoms with Crippen molar-refractivity contribution >= 4 is 27.5 Å². The van der Waals surface area contributed by atoms with E-state index in [0.29, 0.717) is 30.3 Å². The van der Waals surface area contributed by atoms with E-state index in [2.05, 4.69) is 5.32 Å². The standard InChI is InChI=1S/C30H37N3O6S/c1-6-31-30(35)23(4)32(20-24-9-8-10-27(19-24)38-5)29(34)21-33(25-13-15-26(16-14-25)39-7-2)40(36,37)28-17-11-22(3)12-18-28/h8-19,23H,6-7,20-21H2,1-5H3,(H,31,35)/t23-/m1/s1. The van der Waals surface area contributed by atoms with Crippen LogP contribution in [0.2, 0.25) is 0 Å². The number of likely N-dealkylation sites (N-methyl/N-ethyl adjacent to an activating group) is 1. The summed E-state index contributed by atoms with van der Waals surface area (Å²) in [4.78, 5) is 28.2. The molecule has 0 saturated heterocycles. The minimum absolute atomic E-state index is 0.0518. The van der Waals surface area contributed by atoms with E-state index in [1.165, 1.54) is 17.0 Å². The average Bonchev–Trinajstić information content (AvgIpc) is 2.95. The lowest BCUT2D eigenvalue weighted by molar-refractivity contribution is -0.139. The molecule has 0 saturated carbocycles. The maximum atomic E-state index is 13.9. The van der Waals surface area contributed by atoms with Gasteiger partial charge in [-0.15, -0.1) is 0 Å². The van der Waals surface area contributed by atoms with Crippen molar-refractivity contribution in [3.63, 3.8) is 0 Å². The van der Waals surface area contributed by atoms with E-state index >= 15 is 0 Å². The quantitative estimate of drug-likeness (QED) is 0.333. The first-order valence-electron chi connectivity index (χ1n) is 13.1. The van der Waals surface area contributed by atoms with Crippen LogP contribution in [-0.4, -0.2) is 58.0 Å². The van der Waals surface area contributed by atoms with Gasteiger partial charge in [-0.05, 0) is 81.8 Å². The zero-order valence-corrected chi connectivity index (χ0v) is 24.4. The van der Waals surface area contributed by atoms with Crippen LogP contribution < -0.4 is 19.1 Å². The molecular weight excluding hydrogens is 530 g/mol. The lowest BCUT2D eigenvalue weighted by Gasteiger charge is -2.32. The zero-order valence-electron chi connectivity index (χ0n) is 23.6. The third kappa shape index (κ3) is 7.53. The number of carbonyl (C=O) groups excluding carboxylic acids is 2. The van der Waals surface area contributed by atoms with Crippen LogP contribution in [0.1, 0.15) is 31.9 Å². The van der Waals surface area contributed by atoms with Crippen LogP contribution in [0, 0.1) is 6.92 Å². The second-order valence-electron chi connectivity index (χ2n) is 9.20. The number of ether oxygens (including phenoxy) is 2. The Balaban J connectivity index is 2.03. The average molecular weight is 568 g/mol. The van der Waals surface area contributed by atoms with E-state index in [9.17, 15) is 18.0 Å². The second-order valence-corrected chi connectivity index (χ2v) is 11.1. The van der Waals surface area contributed by atoms with Crippen LogP contribution in [0.25, 0.3) is 0 Å². The van der Waals surface area contributed by atoms with E-state index in [-0.39, 0.29) is 17.3 Å². The molecule has 0 aliphatic carbocycles. The van der Waals surface area contributed by atoms with Crippen molar-refractivity contribution in [3.05, 3.63) is 83.9 Å². The fourth-order valence-electron chi connectivity index (χ4n) is 4.11. The number of methoxy groups -OCH3 is 1. The van der Waals surface area contributed by atoms with Crippen LogP contribution >= 0.6 is 0 Å². The summed E-state index contributed by atoms with van der Waals surface area (Å²) in [7, 11) is -2.59. The van der Waals surface area contributed by atoms with Crippen molar-refractivity contribution in [1.82, 2.24) is 10.2 Å². The number of nitrogens with zero attached hydrogens (tertiary/aromatic N) is 2. The van der Waals surface area contributed by atoms with Gasteiger partial charge >= 0.3 is 0 Å². The smallest absolute Gasteiger partial charge is 0.264 e. The highest BCUT2D eigenvalue weighted by molar-refractivity contribution is 7.92. The van der Waals surface area contributed by atoms with Gasteiger partial charge in [0.15, 0.2) is 0 Å². The predicted octanol–water partition coefficient (Wildman–Crippen LogP) is 4.15. The predicted molar refractivity (Wildman–Crippen MR) is 155 cm³/mol. The molecule has 0 aliphatic rings. The van der Waals surface area contributed by atoms with Gasteiger partial charge in [0, 0.05) is 13.1 Å². The molecule has 3 rings (SSSR count). The van der Waals surface area contributed by atoms with E-state index in [0.717, 1.165) is 15.4 Å². The number of aryl methyl sites for hydroxylation is 1. The minimum atomic E-state index is -4.14. The van der Waals surface area contributed by atoms with Gasteiger partial charge in [-0.1, -0.05) is 29.8 Å². The Morgan fingerprint density at radius 1 is 0.950 bits per heavy atom. The Labute approximate surface area is 236 Å². The summed E-state index contributed by atoms with van der Waals surface area (Å²) >= 11 is 0. The maximum Gasteiger partial charge on any atom is 0.264 e. The molecule has 214 valence electrons. The molecule has 3 aromatic rings. The lowest BCUT2D eigenvalue weighted by Crippen LogP contribution is -2.51. The summed E-state index contributed by atoms with van der Waals surface area (Å²) in [6.07, 6.45) is 0. The Bertz CT molecular complexity index is 1390. The van der Waals surface area contributed by atoms with Gasteiger partial charge in [-0.25, -0.2) is 8.42 Å². The van der Waals surface area contributed by atoms with Gasteiger partial charge in [0.05, 0.1) is 24.3 Å². The third-order valence-electron chi connectivity index (χ3n) is 6.33. The fourth-order valence-corrected chi connectivity index (χ4v) is 5.53. The SMILES string of the molecule is CCNC(=O)[C@@H](C)N(Cc1cccc(OC)c1)C(=O)CN(c1ccc(OCC)cc1)S(=O)(=O)c1ccc(C)cc1. The molecule has 0 unspecified atom stereocenters. The van der Waals surface area contributed by atoms with Gasteiger partial charge in [0.25, 0.3) is 10.0 Å². The van der Waals surface area contributed by atoms with Crippen LogP contribution in [0.5, 0.6) is 11.5 Å². The highest BCUT2D eigenvalue weighted by Crippen LogP contribution is 2.27. The number of benzene rings is 3. The maximum absolute atomic E-state index is 13.9. The number of hydrogen-bond acceptors (Lipinski definition) is 6. The van der Waals surface area contributed by atoms with E-state index in [1.54, 1.807) is 75.6 Å². The van der Waals surface area contributed by atoms with Crippen molar-refractivity contribution in [3.8, 4) is 11.5 Å². The molecule has 2 amide bonds. The lowest BCUT2D eigenvalue weighted by atomic mass is 10.1. The Hall–Kier alpha value is -4.05. The third-order valence-corrected chi connectivity index (χ3v) is 8.12. The molecule has 0 aromatic heterocycles. The molecule has 1 atom stereocenters. The first kappa shape index (κ1) is 30.5. The van der Waals surface area contributed by atoms with Crippen molar-refractivity contribution in [2.45, 2.75) is 45.2 Å². The first-order valence-corrected chi connectivity index (χ1v) is 14.6. The molecule has 1 N–H and O–H groups in total. The van der Waals surface area contributed by atoms with Crippen LogP contribution in [-0.2, 0) is 26.2 Å². The first-order chi connectivity index (χ1) is 19.1. The number of amides is 2. The van der Waals surface area contributed by atoms with Gasteiger partial charge in [0.1, 0.15) is 24.1 Å². The molecule has 0 spiro atoms. The van der Waals surface area contributed by atoms with Crippen LogP contribution in [0.15, 0.2) is 77.7 Å². The highest BCUT2D eigenvalue weighted by Gasteiger charge is 2.32.